The van der Waals surface area contributed by atoms with Crippen LogP contribution in [-0.2, 0) is 0 Å². The fourth-order valence-electron chi connectivity index (χ4n) is 1.47. The summed E-state index contributed by atoms with van der Waals surface area (Å²) in [5.74, 6) is 5.86. The molecule has 1 nitrogen and oxygen atoms in total. The third-order valence-corrected chi connectivity index (χ3v) is 2.49. The molecule has 2 N–H and O–H groups in total. The van der Waals surface area contributed by atoms with Crippen LogP contribution in [0, 0.1) is 17.8 Å². The number of alkyl halides is 1. The van der Waals surface area contributed by atoms with Gasteiger partial charge in [-0.3, -0.25) is 0 Å². The first-order valence-corrected chi connectivity index (χ1v) is 4.51. The van der Waals surface area contributed by atoms with Crippen LogP contribution in [0.2, 0.25) is 0 Å². The number of halogens is 1. The summed E-state index contributed by atoms with van der Waals surface area (Å²) < 4.78 is 13.8. The highest BCUT2D eigenvalue weighted by atomic mass is 19.1. The van der Waals surface area contributed by atoms with Crippen LogP contribution in [0.15, 0.2) is 0 Å². The predicted molar refractivity (Wildman–Crippen MR) is 48.3 cm³/mol. The van der Waals surface area contributed by atoms with E-state index in [1.807, 2.05) is 0 Å². The maximum Gasteiger partial charge on any atom is 0.126 e. The Kier molecular flexibility index (Phi) is 3.11. The van der Waals surface area contributed by atoms with Crippen molar-refractivity contribution in [2.75, 3.05) is 6.54 Å². The van der Waals surface area contributed by atoms with E-state index < -0.39 is 5.67 Å². The number of hydrogen-bond donors (Lipinski definition) is 1. The number of rotatable bonds is 4. The fourth-order valence-corrected chi connectivity index (χ4v) is 1.47. The van der Waals surface area contributed by atoms with Gasteiger partial charge in [0.15, 0.2) is 0 Å². The molecule has 1 saturated carbocycles. The molecular weight excluding hydrogens is 153 g/mol. The Labute approximate surface area is 73.5 Å². The van der Waals surface area contributed by atoms with Crippen molar-refractivity contribution in [2.24, 2.45) is 11.7 Å². The van der Waals surface area contributed by atoms with Crippen LogP contribution >= 0.6 is 0 Å². The molecule has 1 fully saturated rings. The number of nitrogens with two attached hydrogens (primary N) is 1. The van der Waals surface area contributed by atoms with Gasteiger partial charge in [0.05, 0.1) is 0 Å². The minimum absolute atomic E-state index is 0.156. The molecule has 1 atom stereocenters. The van der Waals surface area contributed by atoms with Gasteiger partial charge in [-0.2, -0.15) is 0 Å². The van der Waals surface area contributed by atoms with Crippen molar-refractivity contribution in [3.8, 4) is 11.8 Å². The molecule has 0 amide bonds. The molecule has 0 aromatic heterocycles. The number of hydrogen-bond acceptors (Lipinski definition) is 1. The summed E-state index contributed by atoms with van der Waals surface area (Å²) in [5, 5.41) is 0. The molecule has 0 heterocycles. The van der Waals surface area contributed by atoms with Gasteiger partial charge in [-0.15, -0.1) is 11.8 Å². The van der Waals surface area contributed by atoms with Gasteiger partial charge in [0.25, 0.3) is 0 Å². The molecule has 1 unspecified atom stereocenters. The molecular formula is C10H16FN. The Balaban J connectivity index is 2.36. The summed E-state index contributed by atoms with van der Waals surface area (Å²) in [7, 11) is 0. The zero-order valence-corrected chi connectivity index (χ0v) is 7.57. The highest BCUT2D eigenvalue weighted by Crippen LogP contribution is 2.44. The molecule has 12 heavy (non-hydrogen) atoms. The maximum absolute atomic E-state index is 13.8. The summed E-state index contributed by atoms with van der Waals surface area (Å²) in [6.07, 6.45) is 3.16. The smallest absolute Gasteiger partial charge is 0.126 e. The molecule has 1 aliphatic carbocycles. The van der Waals surface area contributed by atoms with Gasteiger partial charge < -0.3 is 5.73 Å². The van der Waals surface area contributed by atoms with Gasteiger partial charge in [0.1, 0.15) is 5.67 Å². The average molecular weight is 169 g/mol. The molecule has 0 spiro atoms. The van der Waals surface area contributed by atoms with Gasteiger partial charge in [0, 0.05) is 13.0 Å². The first-order chi connectivity index (χ1) is 5.73. The second kappa shape index (κ2) is 3.91. The summed E-state index contributed by atoms with van der Waals surface area (Å²) in [6, 6.07) is 0. The quantitative estimate of drug-likeness (QED) is 0.639. The SMILES string of the molecule is CC#CCCC(F)(CN)C1CC1. The molecule has 0 aromatic rings. The summed E-state index contributed by atoms with van der Waals surface area (Å²) in [6.45, 7) is 1.93. The highest BCUT2D eigenvalue weighted by molar-refractivity contribution is 5.01. The molecule has 1 rings (SSSR count). The van der Waals surface area contributed by atoms with Crippen molar-refractivity contribution in [1.82, 2.24) is 0 Å². The van der Waals surface area contributed by atoms with Crippen molar-refractivity contribution < 1.29 is 4.39 Å². The minimum Gasteiger partial charge on any atom is -0.328 e. The highest BCUT2D eigenvalue weighted by Gasteiger charge is 2.43. The first-order valence-electron chi connectivity index (χ1n) is 4.51. The molecule has 0 aliphatic heterocycles. The Morgan fingerprint density at radius 1 is 1.58 bits per heavy atom. The van der Waals surface area contributed by atoms with Gasteiger partial charge in [0.2, 0.25) is 0 Å². The third kappa shape index (κ3) is 2.22. The topological polar surface area (TPSA) is 26.0 Å². The zero-order valence-electron chi connectivity index (χ0n) is 7.57. The minimum atomic E-state index is -1.12. The summed E-state index contributed by atoms with van der Waals surface area (Å²) in [4.78, 5) is 0. The van der Waals surface area contributed by atoms with Crippen LogP contribution in [0.25, 0.3) is 0 Å². The van der Waals surface area contributed by atoms with Gasteiger partial charge >= 0.3 is 0 Å². The Morgan fingerprint density at radius 2 is 2.25 bits per heavy atom. The fraction of sp³-hybridized carbons (Fsp3) is 0.800. The van der Waals surface area contributed by atoms with Crippen LogP contribution in [-0.4, -0.2) is 12.2 Å². The van der Waals surface area contributed by atoms with E-state index in [0.717, 1.165) is 12.8 Å². The van der Waals surface area contributed by atoms with Gasteiger partial charge in [-0.25, -0.2) is 4.39 Å². The Bertz CT molecular complexity index is 200. The van der Waals surface area contributed by atoms with Crippen molar-refractivity contribution in [2.45, 2.75) is 38.3 Å². The average Bonchev–Trinajstić information content (AvgIpc) is 2.87. The molecule has 1 aliphatic rings. The molecule has 0 radical (unpaired) electrons. The van der Waals surface area contributed by atoms with Crippen LogP contribution in [0.1, 0.15) is 32.6 Å². The van der Waals surface area contributed by atoms with E-state index in [1.165, 1.54) is 0 Å². The molecule has 2 heteroatoms. The predicted octanol–water partition coefficient (Wildman–Crippen LogP) is 1.87. The van der Waals surface area contributed by atoms with E-state index >= 15 is 0 Å². The lowest BCUT2D eigenvalue weighted by molar-refractivity contribution is 0.132. The van der Waals surface area contributed by atoms with Crippen molar-refractivity contribution in [3.63, 3.8) is 0 Å². The molecule has 0 bridgehead atoms. The molecule has 0 saturated heterocycles. The lowest BCUT2D eigenvalue weighted by Gasteiger charge is -2.21. The van der Waals surface area contributed by atoms with E-state index in [4.69, 9.17) is 5.73 Å². The van der Waals surface area contributed by atoms with Crippen molar-refractivity contribution in [1.29, 1.82) is 0 Å². The summed E-state index contributed by atoms with van der Waals surface area (Å²) >= 11 is 0. The van der Waals surface area contributed by atoms with Crippen LogP contribution in [0.4, 0.5) is 4.39 Å². The Morgan fingerprint density at radius 3 is 2.67 bits per heavy atom. The van der Waals surface area contributed by atoms with Crippen LogP contribution < -0.4 is 5.73 Å². The molecule has 0 aromatic carbocycles. The van der Waals surface area contributed by atoms with E-state index in [0.29, 0.717) is 12.8 Å². The standard InChI is InChI=1S/C10H16FN/c1-2-3-4-7-10(11,8-12)9-5-6-9/h9H,4-8,12H2,1H3. The van der Waals surface area contributed by atoms with Crippen molar-refractivity contribution >= 4 is 0 Å². The normalized spacial score (nSPS) is 20.9. The Hall–Kier alpha value is -0.550. The van der Waals surface area contributed by atoms with Crippen molar-refractivity contribution in [3.05, 3.63) is 0 Å². The van der Waals surface area contributed by atoms with E-state index in [-0.39, 0.29) is 12.5 Å². The van der Waals surface area contributed by atoms with E-state index in [1.54, 1.807) is 6.92 Å². The lowest BCUT2D eigenvalue weighted by atomic mass is 9.94. The van der Waals surface area contributed by atoms with E-state index in [2.05, 4.69) is 11.8 Å². The lowest BCUT2D eigenvalue weighted by Crippen LogP contribution is -2.35. The monoisotopic (exact) mass is 169 g/mol. The second-order valence-electron chi connectivity index (χ2n) is 3.44. The maximum atomic E-state index is 13.8. The van der Waals surface area contributed by atoms with Gasteiger partial charge in [-0.05, 0) is 32.1 Å². The van der Waals surface area contributed by atoms with E-state index in [9.17, 15) is 4.39 Å². The third-order valence-electron chi connectivity index (χ3n) is 2.49. The second-order valence-corrected chi connectivity index (χ2v) is 3.44. The van der Waals surface area contributed by atoms with Gasteiger partial charge in [-0.1, -0.05) is 0 Å². The largest absolute Gasteiger partial charge is 0.328 e. The van der Waals surface area contributed by atoms with Crippen LogP contribution in [0.3, 0.4) is 0 Å². The molecule has 68 valence electrons. The van der Waals surface area contributed by atoms with Crippen LogP contribution in [0.5, 0.6) is 0 Å². The first kappa shape index (κ1) is 9.54. The summed E-state index contributed by atoms with van der Waals surface area (Å²) in [5.41, 5.74) is 4.29. The zero-order chi connectivity index (χ0) is 9.03.